The molecule has 4 nitrogen and oxygen atoms in total. The first-order valence-electron chi connectivity index (χ1n) is 10.6. The van der Waals surface area contributed by atoms with Gasteiger partial charge in [0.1, 0.15) is 5.82 Å². The summed E-state index contributed by atoms with van der Waals surface area (Å²) in [6, 6.07) is 14.4. The van der Waals surface area contributed by atoms with Crippen LogP contribution < -0.4 is 15.5 Å². The van der Waals surface area contributed by atoms with Crippen LogP contribution in [0.25, 0.3) is 0 Å². The average molecular weight is 396 g/mol. The number of halogens is 1. The van der Waals surface area contributed by atoms with Gasteiger partial charge in [0.2, 0.25) is 0 Å². The summed E-state index contributed by atoms with van der Waals surface area (Å²) in [5, 5.41) is 6.45. The first kappa shape index (κ1) is 19.9. The highest BCUT2D eigenvalue weighted by Gasteiger charge is 2.39. The number of aryl methyl sites for hydroxylation is 1. The van der Waals surface area contributed by atoms with Crippen LogP contribution in [0.2, 0.25) is 0 Å². The minimum Gasteiger partial charge on any atom is -0.370 e. The van der Waals surface area contributed by atoms with Gasteiger partial charge in [-0.3, -0.25) is 4.79 Å². The predicted octanol–water partition coefficient (Wildman–Crippen LogP) is 3.85. The fourth-order valence-electron chi connectivity index (χ4n) is 4.23. The van der Waals surface area contributed by atoms with Gasteiger partial charge in [-0.25, -0.2) is 4.39 Å². The predicted molar refractivity (Wildman–Crippen MR) is 115 cm³/mol. The summed E-state index contributed by atoms with van der Waals surface area (Å²) in [6.45, 7) is 8.53. The highest BCUT2D eigenvalue weighted by molar-refractivity contribution is 5.95. The molecule has 1 saturated heterocycles. The molecule has 1 aliphatic carbocycles. The van der Waals surface area contributed by atoms with E-state index in [1.54, 1.807) is 6.07 Å². The first-order valence-corrected chi connectivity index (χ1v) is 10.6. The summed E-state index contributed by atoms with van der Waals surface area (Å²) >= 11 is 0. The molecule has 0 radical (unpaired) electrons. The van der Waals surface area contributed by atoms with Gasteiger partial charge >= 0.3 is 0 Å². The molecular weight excluding hydrogens is 365 g/mol. The smallest absolute Gasteiger partial charge is 0.254 e. The molecular formula is C24H30FN3O. The Kier molecular flexibility index (Phi) is 5.59. The number of anilines is 1. The third-order valence-electron chi connectivity index (χ3n) is 5.93. The van der Waals surface area contributed by atoms with Crippen molar-refractivity contribution < 1.29 is 9.18 Å². The number of hydrogen-bond donors (Lipinski definition) is 2. The van der Waals surface area contributed by atoms with Crippen molar-refractivity contribution in [2.45, 2.75) is 45.2 Å². The highest BCUT2D eigenvalue weighted by atomic mass is 19.1. The van der Waals surface area contributed by atoms with Gasteiger partial charge in [-0.1, -0.05) is 30.3 Å². The van der Waals surface area contributed by atoms with Gasteiger partial charge in [-0.2, -0.15) is 0 Å². The quantitative estimate of drug-likeness (QED) is 0.748. The Labute approximate surface area is 172 Å². The molecule has 1 aliphatic heterocycles. The van der Waals surface area contributed by atoms with Crippen LogP contribution in [0.5, 0.6) is 0 Å². The molecule has 1 amide bonds. The molecule has 2 fully saturated rings. The van der Waals surface area contributed by atoms with E-state index in [1.165, 1.54) is 18.1 Å². The van der Waals surface area contributed by atoms with Gasteiger partial charge < -0.3 is 15.5 Å². The van der Waals surface area contributed by atoms with Crippen LogP contribution in [-0.2, 0) is 0 Å². The van der Waals surface area contributed by atoms with Crippen LogP contribution in [0.3, 0.4) is 0 Å². The molecule has 0 bridgehead atoms. The van der Waals surface area contributed by atoms with Crippen LogP contribution in [0.1, 0.15) is 47.7 Å². The molecule has 0 spiro atoms. The minimum absolute atomic E-state index is 0.0153. The Bertz CT molecular complexity index is 877. The SMILES string of the molecule is Cc1cc(C(=O)NC(C)C)c(F)cc1N1CC(CN[C@@H]2C[C@H]2c2ccccc2)C1. The Hall–Kier alpha value is -2.40. The first-order chi connectivity index (χ1) is 13.9. The zero-order valence-electron chi connectivity index (χ0n) is 17.4. The third kappa shape index (κ3) is 4.45. The molecule has 1 saturated carbocycles. The van der Waals surface area contributed by atoms with Gasteiger partial charge in [-0.15, -0.1) is 0 Å². The number of rotatable bonds is 7. The van der Waals surface area contributed by atoms with Crippen molar-refractivity contribution >= 4 is 11.6 Å². The molecule has 1 heterocycles. The molecule has 0 aromatic heterocycles. The van der Waals surface area contributed by atoms with E-state index >= 15 is 0 Å². The second kappa shape index (κ2) is 8.15. The molecule has 154 valence electrons. The standard InChI is InChI=1S/C24H30FN3O/c1-15(2)27-24(29)20-9-16(3)23(11-21(20)25)28-13-17(14-28)12-26-22-10-19(22)18-7-5-4-6-8-18/h4-9,11,15,17,19,22,26H,10,12-14H2,1-3H3,(H,27,29)/t19-,22+/m0/s1. The molecule has 2 aromatic rings. The Balaban J connectivity index is 1.28. The molecule has 4 rings (SSSR count). The van der Waals surface area contributed by atoms with Crippen molar-refractivity contribution in [2.24, 2.45) is 5.92 Å². The molecule has 2 aromatic carbocycles. The Morgan fingerprint density at radius 3 is 2.62 bits per heavy atom. The minimum atomic E-state index is -0.450. The van der Waals surface area contributed by atoms with E-state index in [-0.39, 0.29) is 17.5 Å². The average Bonchev–Trinajstić information content (AvgIpc) is 3.42. The lowest BCUT2D eigenvalue weighted by Crippen LogP contribution is -2.51. The van der Waals surface area contributed by atoms with Crippen molar-refractivity contribution in [1.82, 2.24) is 10.6 Å². The molecule has 2 atom stereocenters. The summed E-state index contributed by atoms with van der Waals surface area (Å²) in [6.07, 6.45) is 1.21. The van der Waals surface area contributed by atoms with E-state index in [2.05, 4.69) is 45.9 Å². The molecule has 5 heteroatoms. The van der Waals surface area contributed by atoms with Crippen LogP contribution in [0.15, 0.2) is 42.5 Å². The number of benzene rings is 2. The summed E-state index contributed by atoms with van der Waals surface area (Å²) in [5.74, 6) is 0.427. The maximum absolute atomic E-state index is 14.5. The van der Waals surface area contributed by atoms with Crippen molar-refractivity contribution in [3.8, 4) is 0 Å². The lowest BCUT2D eigenvalue weighted by atomic mass is 9.96. The molecule has 0 unspecified atom stereocenters. The number of nitrogens with zero attached hydrogens (tertiary/aromatic N) is 1. The Morgan fingerprint density at radius 1 is 1.21 bits per heavy atom. The van der Waals surface area contributed by atoms with E-state index in [4.69, 9.17) is 0 Å². The number of carbonyl (C=O) groups is 1. The van der Waals surface area contributed by atoms with Crippen LogP contribution in [0.4, 0.5) is 10.1 Å². The van der Waals surface area contributed by atoms with Gasteiger partial charge in [0, 0.05) is 49.2 Å². The van der Waals surface area contributed by atoms with E-state index in [9.17, 15) is 9.18 Å². The number of carbonyl (C=O) groups excluding carboxylic acids is 1. The Morgan fingerprint density at radius 2 is 1.93 bits per heavy atom. The van der Waals surface area contributed by atoms with Gasteiger partial charge in [-0.05, 0) is 50.5 Å². The highest BCUT2D eigenvalue weighted by Crippen LogP contribution is 2.41. The number of hydrogen-bond acceptors (Lipinski definition) is 3. The van der Waals surface area contributed by atoms with E-state index in [1.807, 2.05) is 20.8 Å². The number of amides is 1. The largest absolute Gasteiger partial charge is 0.370 e. The van der Waals surface area contributed by atoms with E-state index in [0.717, 1.165) is 30.9 Å². The normalized spacial score (nSPS) is 21.2. The zero-order valence-corrected chi connectivity index (χ0v) is 17.4. The second-order valence-corrected chi connectivity index (χ2v) is 8.79. The fraction of sp³-hybridized carbons (Fsp3) is 0.458. The summed E-state index contributed by atoms with van der Waals surface area (Å²) in [7, 11) is 0. The van der Waals surface area contributed by atoms with Crippen LogP contribution >= 0.6 is 0 Å². The molecule has 2 N–H and O–H groups in total. The monoisotopic (exact) mass is 395 g/mol. The van der Waals surface area contributed by atoms with E-state index in [0.29, 0.717) is 17.9 Å². The topological polar surface area (TPSA) is 44.4 Å². The van der Waals surface area contributed by atoms with Crippen molar-refractivity contribution in [1.29, 1.82) is 0 Å². The molecule has 2 aliphatic rings. The summed E-state index contributed by atoms with van der Waals surface area (Å²) in [4.78, 5) is 14.4. The lowest BCUT2D eigenvalue weighted by Gasteiger charge is -2.42. The van der Waals surface area contributed by atoms with Crippen molar-refractivity contribution in [2.75, 3.05) is 24.5 Å². The number of nitrogens with one attached hydrogen (secondary N) is 2. The van der Waals surface area contributed by atoms with E-state index < -0.39 is 5.82 Å². The summed E-state index contributed by atoms with van der Waals surface area (Å²) < 4.78 is 14.5. The lowest BCUT2D eigenvalue weighted by molar-refractivity contribution is 0.0939. The van der Waals surface area contributed by atoms with Crippen LogP contribution in [-0.4, -0.2) is 37.6 Å². The second-order valence-electron chi connectivity index (χ2n) is 8.79. The maximum Gasteiger partial charge on any atom is 0.254 e. The third-order valence-corrected chi connectivity index (χ3v) is 5.93. The van der Waals surface area contributed by atoms with Gasteiger partial charge in [0.15, 0.2) is 0 Å². The maximum atomic E-state index is 14.5. The van der Waals surface area contributed by atoms with Crippen LogP contribution in [0, 0.1) is 18.7 Å². The zero-order chi connectivity index (χ0) is 20.5. The van der Waals surface area contributed by atoms with Crippen molar-refractivity contribution in [3.63, 3.8) is 0 Å². The van der Waals surface area contributed by atoms with Gasteiger partial charge in [0.25, 0.3) is 5.91 Å². The summed E-state index contributed by atoms with van der Waals surface area (Å²) in [5.41, 5.74) is 3.39. The van der Waals surface area contributed by atoms with Crippen molar-refractivity contribution in [3.05, 3.63) is 65.0 Å². The fourth-order valence-corrected chi connectivity index (χ4v) is 4.23. The van der Waals surface area contributed by atoms with Gasteiger partial charge in [0.05, 0.1) is 5.56 Å². The molecule has 29 heavy (non-hydrogen) atoms.